The second-order valence-corrected chi connectivity index (χ2v) is 9.39. The third kappa shape index (κ3) is 2.86. The van der Waals surface area contributed by atoms with Crippen LogP contribution in [0.1, 0.15) is 66.7 Å². The van der Waals surface area contributed by atoms with E-state index in [1.807, 2.05) is 0 Å². The molecular weight excluding hydrogens is 283 g/mol. The van der Waals surface area contributed by atoms with Gasteiger partial charge in [-0.05, 0) is 30.1 Å². The van der Waals surface area contributed by atoms with Crippen molar-refractivity contribution < 1.29 is 0 Å². The number of hydrogen-bond donors (Lipinski definition) is 0. The van der Waals surface area contributed by atoms with Crippen LogP contribution < -0.4 is 0 Å². The van der Waals surface area contributed by atoms with Crippen LogP contribution in [0.25, 0.3) is 0 Å². The van der Waals surface area contributed by atoms with Crippen LogP contribution in [-0.2, 0) is 0 Å². The highest BCUT2D eigenvalue weighted by atomic mass is 127. The van der Waals surface area contributed by atoms with Gasteiger partial charge in [-0.25, -0.2) is 0 Å². The van der Waals surface area contributed by atoms with Crippen LogP contribution in [0.4, 0.5) is 0 Å². The van der Waals surface area contributed by atoms with Crippen molar-refractivity contribution in [2.45, 2.75) is 70.1 Å². The highest BCUT2D eigenvalue weighted by Gasteiger charge is 2.46. The molecule has 1 rings (SSSR count). The average molecular weight is 308 g/mol. The lowest BCUT2D eigenvalue weighted by atomic mass is 9.66. The normalized spacial score (nSPS) is 22.7. The fourth-order valence-corrected chi connectivity index (χ4v) is 3.78. The van der Waals surface area contributed by atoms with Crippen molar-refractivity contribution in [1.82, 2.24) is 0 Å². The van der Waals surface area contributed by atoms with Gasteiger partial charge < -0.3 is 0 Å². The molecule has 0 aromatic heterocycles. The first-order chi connectivity index (χ1) is 6.16. The van der Waals surface area contributed by atoms with Crippen LogP contribution in [0.15, 0.2) is 0 Å². The molecule has 1 fully saturated rings. The third-order valence-corrected chi connectivity index (χ3v) is 4.83. The van der Waals surface area contributed by atoms with Crippen molar-refractivity contribution in [3.05, 3.63) is 0 Å². The predicted octanol–water partition coefficient (Wildman–Crippen LogP) is 5.20. The fraction of sp³-hybridized carbons (Fsp3) is 1.00. The van der Waals surface area contributed by atoms with E-state index < -0.39 is 0 Å². The van der Waals surface area contributed by atoms with E-state index in [-0.39, 0.29) is 0 Å². The molecule has 0 aliphatic heterocycles. The molecule has 1 aliphatic rings. The first-order valence-corrected chi connectivity index (χ1v) is 6.93. The quantitative estimate of drug-likeness (QED) is 0.486. The van der Waals surface area contributed by atoms with E-state index in [1.54, 1.807) is 0 Å². The van der Waals surface area contributed by atoms with E-state index in [0.717, 1.165) is 0 Å². The van der Waals surface area contributed by atoms with E-state index in [4.69, 9.17) is 0 Å². The molecule has 84 valence electrons. The van der Waals surface area contributed by atoms with E-state index in [2.05, 4.69) is 57.2 Å². The van der Waals surface area contributed by atoms with E-state index >= 15 is 0 Å². The van der Waals surface area contributed by atoms with E-state index in [1.165, 1.54) is 32.1 Å². The average Bonchev–Trinajstić information content (AvgIpc) is 2.31. The Morgan fingerprint density at radius 2 is 1.43 bits per heavy atom. The first-order valence-electron chi connectivity index (χ1n) is 5.85. The van der Waals surface area contributed by atoms with Crippen molar-refractivity contribution >= 4 is 22.6 Å². The Balaban J connectivity index is 2.83. The number of alkyl halides is 1. The first kappa shape index (κ1) is 12.8. The number of hydrogen-bond acceptors (Lipinski definition) is 0. The molecule has 0 aromatic carbocycles. The molecule has 14 heavy (non-hydrogen) atoms. The van der Waals surface area contributed by atoms with Gasteiger partial charge in [-0.3, -0.25) is 0 Å². The zero-order valence-electron chi connectivity index (χ0n) is 10.4. The van der Waals surface area contributed by atoms with Gasteiger partial charge in [0.2, 0.25) is 0 Å². The zero-order valence-corrected chi connectivity index (χ0v) is 12.6. The summed E-state index contributed by atoms with van der Waals surface area (Å²) < 4.78 is 0.453. The minimum atomic E-state index is 0.453. The molecule has 0 atom stereocenters. The summed E-state index contributed by atoms with van der Waals surface area (Å²) in [6.45, 7) is 12.0. The van der Waals surface area contributed by atoms with Gasteiger partial charge in [-0.1, -0.05) is 70.1 Å². The molecule has 1 aliphatic carbocycles. The summed E-state index contributed by atoms with van der Waals surface area (Å²) in [7, 11) is 0. The Hall–Kier alpha value is 0.730. The van der Waals surface area contributed by atoms with Crippen molar-refractivity contribution in [3.8, 4) is 0 Å². The Labute approximate surface area is 103 Å². The summed E-state index contributed by atoms with van der Waals surface area (Å²) in [5.41, 5.74) is 1.08. The van der Waals surface area contributed by atoms with E-state index in [0.29, 0.717) is 14.3 Å². The maximum absolute atomic E-state index is 2.67. The largest absolute Gasteiger partial charge is 0.0789 e. The molecule has 0 N–H and O–H groups in total. The topological polar surface area (TPSA) is 0 Å². The lowest BCUT2D eigenvalue weighted by molar-refractivity contribution is 0.143. The van der Waals surface area contributed by atoms with Gasteiger partial charge >= 0.3 is 0 Å². The van der Waals surface area contributed by atoms with Crippen LogP contribution in [0.2, 0.25) is 0 Å². The molecule has 0 heterocycles. The summed E-state index contributed by atoms with van der Waals surface area (Å²) in [6, 6.07) is 0. The maximum atomic E-state index is 2.67. The van der Waals surface area contributed by atoms with Gasteiger partial charge in [0.1, 0.15) is 0 Å². The fourth-order valence-electron chi connectivity index (χ4n) is 3.05. The predicted molar refractivity (Wildman–Crippen MR) is 73.1 cm³/mol. The molecule has 0 unspecified atom stereocenters. The minimum Gasteiger partial charge on any atom is -0.0789 e. The van der Waals surface area contributed by atoms with Gasteiger partial charge in [-0.15, -0.1) is 0 Å². The molecular formula is C13H25I. The molecule has 0 spiro atoms. The van der Waals surface area contributed by atoms with Gasteiger partial charge in [0.05, 0.1) is 0 Å². The number of halogens is 1. The van der Waals surface area contributed by atoms with Crippen LogP contribution in [0.5, 0.6) is 0 Å². The van der Waals surface area contributed by atoms with Gasteiger partial charge in [0, 0.05) is 3.42 Å². The van der Waals surface area contributed by atoms with Gasteiger partial charge in [0.15, 0.2) is 0 Å². The lowest BCUT2D eigenvalue weighted by Crippen LogP contribution is -2.39. The SMILES string of the molecule is CC(C)(C)CC1(C(C)(C)I)CCCC1. The standard InChI is InChI=1S/C13H25I/c1-11(2,3)10-13(12(4,5)14)8-6-7-9-13/h6-10H2,1-5H3. The van der Waals surface area contributed by atoms with Gasteiger partial charge in [-0.2, -0.15) is 0 Å². The van der Waals surface area contributed by atoms with E-state index in [9.17, 15) is 0 Å². The smallest absolute Gasteiger partial charge is 0.0222 e. The molecule has 0 bridgehead atoms. The highest BCUT2D eigenvalue weighted by Crippen LogP contribution is 2.56. The maximum Gasteiger partial charge on any atom is 0.0222 e. The van der Waals surface area contributed by atoms with Crippen molar-refractivity contribution in [1.29, 1.82) is 0 Å². The summed E-state index contributed by atoms with van der Waals surface area (Å²) in [5.74, 6) is 0. The summed E-state index contributed by atoms with van der Waals surface area (Å²) in [4.78, 5) is 0. The Kier molecular flexibility index (Phi) is 3.61. The van der Waals surface area contributed by atoms with Crippen LogP contribution in [0.3, 0.4) is 0 Å². The van der Waals surface area contributed by atoms with Gasteiger partial charge in [0.25, 0.3) is 0 Å². The minimum absolute atomic E-state index is 0.453. The number of rotatable bonds is 2. The van der Waals surface area contributed by atoms with Crippen molar-refractivity contribution in [3.63, 3.8) is 0 Å². The summed E-state index contributed by atoms with van der Waals surface area (Å²) in [6.07, 6.45) is 7.17. The third-order valence-electron chi connectivity index (χ3n) is 3.69. The van der Waals surface area contributed by atoms with Crippen LogP contribution >= 0.6 is 22.6 Å². The summed E-state index contributed by atoms with van der Waals surface area (Å²) in [5, 5.41) is 0. The van der Waals surface area contributed by atoms with Crippen LogP contribution in [-0.4, -0.2) is 3.42 Å². The summed E-state index contributed by atoms with van der Waals surface area (Å²) >= 11 is 2.67. The van der Waals surface area contributed by atoms with Crippen molar-refractivity contribution in [2.75, 3.05) is 0 Å². The Bertz CT molecular complexity index is 186. The zero-order chi connectivity index (χ0) is 11.0. The molecule has 0 nitrogen and oxygen atoms in total. The van der Waals surface area contributed by atoms with Crippen molar-refractivity contribution in [2.24, 2.45) is 10.8 Å². The molecule has 0 saturated heterocycles. The molecule has 0 amide bonds. The highest BCUT2D eigenvalue weighted by molar-refractivity contribution is 14.1. The Morgan fingerprint density at radius 3 is 1.71 bits per heavy atom. The molecule has 0 radical (unpaired) electrons. The van der Waals surface area contributed by atoms with Crippen LogP contribution in [0, 0.1) is 10.8 Å². The molecule has 1 heteroatoms. The Morgan fingerprint density at radius 1 is 1.00 bits per heavy atom. The molecule has 0 aromatic rings. The second kappa shape index (κ2) is 3.95. The monoisotopic (exact) mass is 308 g/mol. The molecule has 1 saturated carbocycles. The lowest BCUT2D eigenvalue weighted by Gasteiger charge is -2.44. The second-order valence-electron chi connectivity index (χ2n) is 6.70.